The van der Waals surface area contributed by atoms with Gasteiger partial charge in [-0.1, -0.05) is 20.3 Å². The highest BCUT2D eigenvalue weighted by Crippen LogP contribution is 2.23. The normalized spacial score (nSPS) is 13.9. The third kappa shape index (κ3) is 3.12. The molecule has 0 radical (unpaired) electrons. The van der Waals surface area contributed by atoms with Crippen LogP contribution in [0.5, 0.6) is 0 Å². The van der Waals surface area contributed by atoms with Crippen LogP contribution in [-0.4, -0.2) is 21.9 Å². The van der Waals surface area contributed by atoms with E-state index in [4.69, 9.17) is 10.2 Å². The van der Waals surface area contributed by atoms with E-state index in [1.54, 1.807) is 6.26 Å². The summed E-state index contributed by atoms with van der Waals surface area (Å²) >= 11 is 0. The Labute approximate surface area is 134 Å². The fourth-order valence-corrected chi connectivity index (χ4v) is 2.36. The number of fused-ring (bicyclic) bond motifs is 1. The molecule has 0 bridgehead atoms. The number of nitrogens with two attached hydrogens (primary N) is 1. The van der Waals surface area contributed by atoms with Crippen molar-refractivity contribution in [2.75, 3.05) is 5.32 Å². The van der Waals surface area contributed by atoms with E-state index in [0.717, 1.165) is 17.5 Å². The molecule has 3 rings (SSSR count). The molecule has 2 aromatic heterocycles. The van der Waals surface area contributed by atoms with Crippen LogP contribution in [0.1, 0.15) is 20.3 Å². The summed E-state index contributed by atoms with van der Waals surface area (Å²) in [6.45, 7) is 3.99. The Morgan fingerprint density at radius 2 is 2.26 bits per heavy atom. The lowest BCUT2D eigenvalue weighted by atomic mass is 9.99. The predicted octanol–water partition coefficient (Wildman–Crippen LogP) is 3.13. The number of nitrogens with zero attached hydrogens (tertiary/aromatic N) is 1. The highest BCUT2D eigenvalue weighted by Gasteiger charge is 2.19. The fraction of sp³-hybridized carbons (Fsp3) is 0.294. The minimum atomic E-state index is -0.517. The number of H-pyrrole nitrogens is 1. The molecule has 0 aliphatic heterocycles. The topological polar surface area (TPSA) is 96.9 Å². The first-order valence-electron chi connectivity index (χ1n) is 7.68. The monoisotopic (exact) mass is 312 g/mol. The van der Waals surface area contributed by atoms with Crippen molar-refractivity contribution in [2.45, 2.75) is 26.3 Å². The van der Waals surface area contributed by atoms with Gasteiger partial charge < -0.3 is 20.5 Å². The summed E-state index contributed by atoms with van der Waals surface area (Å²) in [5.74, 6) is 1.29. The lowest BCUT2D eigenvalue weighted by Gasteiger charge is -2.17. The molecule has 23 heavy (non-hydrogen) atoms. The van der Waals surface area contributed by atoms with E-state index < -0.39 is 6.04 Å². The maximum atomic E-state index is 12.2. The molecule has 1 amide bonds. The molecule has 0 saturated heterocycles. The maximum absolute atomic E-state index is 12.2. The molecule has 2 unspecified atom stereocenters. The Kier molecular flexibility index (Phi) is 4.16. The van der Waals surface area contributed by atoms with Gasteiger partial charge in [-0.05, 0) is 36.2 Å². The second-order valence-electron chi connectivity index (χ2n) is 5.70. The number of furan rings is 1. The summed E-state index contributed by atoms with van der Waals surface area (Å²) in [7, 11) is 0. The minimum Gasteiger partial charge on any atom is -0.461 e. The number of aromatic amines is 1. The van der Waals surface area contributed by atoms with Crippen LogP contribution < -0.4 is 11.1 Å². The van der Waals surface area contributed by atoms with Crippen LogP contribution >= 0.6 is 0 Å². The summed E-state index contributed by atoms with van der Waals surface area (Å²) in [5.41, 5.74) is 8.28. The minimum absolute atomic E-state index is 0.136. The van der Waals surface area contributed by atoms with E-state index in [9.17, 15) is 4.79 Å². The molecule has 6 heteroatoms. The van der Waals surface area contributed by atoms with Gasteiger partial charge in [0.15, 0.2) is 11.6 Å². The van der Waals surface area contributed by atoms with Gasteiger partial charge in [0.2, 0.25) is 5.91 Å². The van der Waals surface area contributed by atoms with Gasteiger partial charge in [-0.15, -0.1) is 0 Å². The van der Waals surface area contributed by atoms with Crippen LogP contribution in [0.25, 0.3) is 22.6 Å². The highest BCUT2D eigenvalue weighted by molar-refractivity contribution is 5.96. The molecule has 0 saturated carbocycles. The van der Waals surface area contributed by atoms with Gasteiger partial charge in [-0.2, -0.15) is 0 Å². The first-order chi connectivity index (χ1) is 11.1. The zero-order valence-corrected chi connectivity index (χ0v) is 13.2. The molecule has 6 nitrogen and oxygen atoms in total. The number of anilines is 1. The van der Waals surface area contributed by atoms with Gasteiger partial charge in [0.1, 0.15) is 0 Å². The van der Waals surface area contributed by atoms with E-state index in [0.29, 0.717) is 17.3 Å². The smallest absolute Gasteiger partial charge is 0.241 e. The average molecular weight is 312 g/mol. The Balaban J connectivity index is 1.81. The van der Waals surface area contributed by atoms with E-state index >= 15 is 0 Å². The van der Waals surface area contributed by atoms with Crippen molar-refractivity contribution in [3.05, 3.63) is 36.6 Å². The zero-order chi connectivity index (χ0) is 16.4. The van der Waals surface area contributed by atoms with Crippen LogP contribution in [-0.2, 0) is 4.79 Å². The number of hydrogen-bond donors (Lipinski definition) is 3. The lowest BCUT2D eigenvalue weighted by molar-refractivity contribution is -0.118. The quantitative estimate of drug-likeness (QED) is 0.674. The van der Waals surface area contributed by atoms with Gasteiger partial charge in [0.25, 0.3) is 0 Å². The second kappa shape index (κ2) is 6.26. The Morgan fingerprint density at radius 3 is 2.96 bits per heavy atom. The number of hydrogen-bond acceptors (Lipinski definition) is 4. The number of carbonyl (C=O) groups is 1. The van der Waals surface area contributed by atoms with Crippen LogP contribution in [0, 0.1) is 5.92 Å². The molecule has 0 fully saturated rings. The average Bonchev–Trinajstić information content (AvgIpc) is 3.21. The van der Waals surface area contributed by atoms with E-state index in [2.05, 4.69) is 15.3 Å². The molecule has 3 aromatic rings. The summed E-state index contributed by atoms with van der Waals surface area (Å²) < 4.78 is 5.33. The lowest BCUT2D eigenvalue weighted by Crippen LogP contribution is -2.40. The summed E-state index contributed by atoms with van der Waals surface area (Å²) in [6.07, 6.45) is 2.46. The number of nitrogens with one attached hydrogen (secondary N) is 2. The predicted molar refractivity (Wildman–Crippen MR) is 89.9 cm³/mol. The molecule has 0 aliphatic rings. The van der Waals surface area contributed by atoms with Gasteiger partial charge in [-0.3, -0.25) is 4.79 Å². The van der Waals surface area contributed by atoms with Crippen molar-refractivity contribution < 1.29 is 9.21 Å². The molecular formula is C17H20N4O2. The Bertz CT molecular complexity index is 807. The van der Waals surface area contributed by atoms with Crippen molar-refractivity contribution in [1.29, 1.82) is 0 Å². The molecule has 1 aromatic carbocycles. The molecule has 2 atom stereocenters. The van der Waals surface area contributed by atoms with E-state index in [-0.39, 0.29) is 11.8 Å². The number of benzene rings is 1. The third-order valence-electron chi connectivity index (χ3n) is 4.06. The highest BCUT2D eigenvalue weighted by atomic mass is 16.3. The molecule has 120 valence electrons. The Morgan fingerprint density at radius 1 is 1.43 bits per heavy atom. The SMILES string of the molecule is CCC(C)C(N)C(=O)Nc1ccc2nc(-c3ccco3)[nH]c2c1. The van der Waals surface area contributed by atoms with Crippen molar-refractivity contribution in [2.24, 2.45) is 11.7 Å². The Hall–Kier alpha value is -2.60. The van der Waals surface area contributed by atoms with Gasteiger partial charge >= 0.3 is 0 Å². The van der Waals surface area contributed by atoms with Gasteiger partial charge in [0.05, 0.1) is 23.3 Å². The standard InChI is InChI=1S/C17H20N4O2/c1-3-10(2)15(18)17(22)19-11-6-7-12-13(9-11)21-16(20-12)14-5-4-8-23-14/h4-10,15H,3,18H2,1-2H3,(H,19,22)(H,20,21). The van der Waals surface area contributed by atoms with Gasteiger partial charge in [-0.25, -0.2) is 4.98 Å². The van der Waals surface area contributed by atoms with Gasteiger partial charge in [0, 0.05) is 5.69 Å². The van der Waals surface area contributed by atoms with Crippen LogP contribution in [0.4, 0.5) is 5.69 Å². The van der Waals surface area contributed by atoms with Crippen molar-refractivity contribution in [3.63, 3.8) is 0 Å². The first-order valence-corrected chi connectivity index (χ1v) is 7.68. The first kappa shape index (κ1) is 15.3. The summed E-state index contributed by atoms with van der Waals surface area (Å²) in [6, 6.07) is 8.64. The van der Waals surface area contributed by atoms with Crippen molar-refractivity contribution in [1.82, 2.24) is 9.97 Å². The third-order valence-corrected chi connectivity index (χ3v) is 4.06. The number of imidazole rings is 1. The zero-order valence-electron chi connectivity index (χ0n) is 13.2. The molecule has 4 N–H and O–H groups in total. The molecular weight excluding hydrogens is 292 g/mol. The summed E-state index contributed by atoms with van der Waals surface area (Å²) in [4.78, 5) is 19.8. The van der Waals surface area contributed by atoms with E-state index in [1.165, 1.54) is 0 Å². The molecule has 0 spiro atoms. The number of carbonyl (C=O) groups excluding carboxylic acids is 1. The van der Waals surface area contributed by atoms with Crippen LogP contribution in [0.3, 0.4) is 0 Å². The van der Waals surface area contributed by atoms with Crippen molar-refractivity contribution >= 4 is 22.6 Å². The largest absolute Gasteiger partial charge is 0.461 e. The fourth-order valence-electron chi connectivity index (χ4n) is 2.36. The van der Waals surface area contributed by atoms with Crippen LogP contribution in [0.15, 0.2) is 41.0 Å². The number of amides is 1. The number of rotatable bonds is 5. The van der Waals surface area contributed by atoms with Crippen LogP contribution in [0.2, 0.25) is 0 Å². The molecule has 2 heterocycles. The number of aromatic nitrogens is 2. The second-order valence-corrected chi connectivity index (χ2v) is 5.70. The maximum Gasteiger partial charge on any atom is 0.241 e. The van der Waals surface area contributed by atoms with E-state index in [1.807, 2.05) is 44.2 Å². The van der Waals surface area contributed by atoms with Crippen molar-refractivity contribution in [3.8, 4) is 11.6 Å². The molecule has 0 aliphatic carbocycles. The summed E-state index contributed by atoms with van der Waals surface area (Å²) in [5, 5.41) is 2.86.